The van der Waals surface area contributed by atoms with Gasteiger partial charge in [0, 0.05) is 32.4 Å². The average molecular weight is 422 g/mol. The highest BCUT2D eigenvalue weighted by atomic mass is 32.2. The molecule has 0 aliphatic carbocycles. The number of carbonyl (C=O) groups is 1. The molecule has 2 aromatic carbocycles. The SMILES string of the molecule is CCN(CC)S(=O)(=O)c1cc(NCC(=O)N(C)Cc2ccc(F)cc2)ccc1C. The van der Waals surface area contributed by atoms with Crippen molar-refractivity contribution < 1.29 is 17.6 Å². The molecule has 0 spiro atoms. The molecule has 0 saturated heterocycles. The van der Waals surface area contributed by atoms with Gasteiger partial charge in [0.15, 0.2) is 0 Å². The van der Waals surface area contributed by atoms with E-state index in [2.05, 4.69) is 5.32 Å². The summed E-state index contributed by atoms with van der Waals surface area (Å²) in [7, 11) is -1.92. The minimum absolute atomic E-state index is 0.0194. The number of likely N-dealkylation sites (N-methyl/N-ethyl adjacent to an activating group) is 1. The van der Waals surface area contributed by atoms with Gasteiger partial charge >= 0.3 is 0 Å². The normalized spacial score (nSPS) is 11.5. The van der Waals surface area contributed by atoms with Gasteiger partial charge in [0.1, 0.15) is 5.82 Å². The number of halogens is 1. The van der Waals surface area contributed by atoms with Gasteiger partial charge in [0.05, 0.1) is 11.4 Å². The molecule has 2 rings (SSSR count). The summed E-state index contributed by atoms with van der Waals surface area (Å²) < 4.78 is 40.1. The van der Waals surface area contributed by atoms with Gasteiger partial charge in [-0.3, -0.25) is 4.79 Å². The Morgan fingerprint density at radius 2 is 1.69 bits per heavy atom. The van der Waals surface area contributed by atoms with E-state index in [0.717, 1.165) is 5.56 Å². The molecular weight excluding hydrogens is 393 g/mol. The molecule has 29 heavy (non-hydrogen) atoms. The Balaban J connectivity index is 2.07. The number of benzene rings is 2. The monoisotopic (exact) mass is 421 g/mol. The highest BCUT2D eigenvalue weighted by Crippen LogP contribution is 2.23. The van der Waals surface area contributed by atoms with Gasteiger partial charge in [0.2, 0.25) is 15.9 Å². The molecule has 0 bridgehead atoms. The molecular formula is C21H28FN3O3S. The second-order valence-electron chi connectivity index (χ2n) is 6.80. The summed E-state index contributed by atoms with van der Waals surface area (Å²) in [6.07, 6.45) is 0. The fraction of sp³-hybridized carbons (Fsp3) is 0.381. The quantitative estimate of drug-likeness (QED) is 0.675. The molecule has 6 nitrogen and oxygen atoms in total. The van der Waals surface area contributed by atoms with Crippen LogP contribution in [0.4, 0.5) is 10.1 Å². The van der Waals surface area contributed by atoms with Crippen LogP contribution in [0.25, 0.3) is 0 Å². The molecule has 2 aromatic rings. The lowest BCUT2D eigenvalue weighted by atomic mass is 10.2. The summed E-state index contributed by atoms with van der Waals surface area (Å²) in [5.74, 6) is -0.484. The molecule has 0 aliphatic rings. The predicted octanol–water partition coefficient (Wildman–Crippen LogP) is 3.24. The fourth-order valence-corrected chi connectivity index (χ4v) is 4.66. The van der Waals surface area contributed by atoms with Crippen molar-refractivity contribution in [1.29, 1.82) is 0 Å². The van der Waals surface area contributed by atoms with Crippen molar-refractivity contribution in [1.82, 2.24) is 9.21 Å². The number of carbonyl (C=O) groups excluding carboxylic acids is 1. The number of aryl methyl sites for hydroxylation is 1. The van der Waals surface area contributed by atoms with Crippen molar-refractivity contribution in [2.24, 2.45) is 0 Å². The molecule has 0 aliphatic heterocycles. The number of sulfonamides is 1. The van der Waals surface area contributed by atoms with Crippen LogP contribution in [0, 0.1) is 12.7 Å². The van der Waals surface area contributed by atoms with Crippen LogP contribution < -0.4 is 5.32 Å². The van der Waals surface area contributed by atoms with Crippen LogP contribution in [0.5, 0.6) is 0 Å². The molecule has 0 radical (unpaired) electrons. The average Bonchev–Trinajstić information content (AvgIpc) is 2.69. The second kappa shape index (κ2) is 9.84. The van der Waals surface area contributed by atoms with Crippen LogP contribution in [-0.2, 0) is 21.4 Å². The second-order valence-corrected chi connectivity index (χ2v) is 8.71. The first kappa shape index (κ1) is 22.8. The van der Waals surface area contributed by atoms with Gasteiger partial charge in [-0.1, -0.05) is 32.0 Å². The van der Waals surface area contributed by atoms with Crippen LogP contribution >= 0.6 is 0 Å². The van der Waals surface area contributed by atoms with E-state index in [0.29, 0.717) is 30.9 Å². The number of anilines is 1. The topological polar surface area (TPSA) is 69.7 Å². The lowest BCUT2D eigenvalue weighted by Crippen LogP contribution is -2.32. The zero-order valence-electron chi connectivity index (χ0n) is 17.3. The highest BCUT2D eigenvalue weighted by molar-refractivity contribution is 7.89. The third kappa shape index (κ3) is 5.77. The van der Waals surface area contributed by atoms with Gasteiger partial charge in [-0.25, -0.2) is 12.8 Å². The molecule has 158 valence electrons. The molecule has 0 saturated carbocycles. The molecule has 1 amide bonds. The van der Waals surface area contributed by atoms with Gasteiger partial charge in [-0.05, 0) is 42.3 Å². The number of rotatable bonds is 9. The molecule has 1 N–H and O–H groups in total. The van der Waals surface area contributed by atoms with Crippen LogP contribution in [0.2, 0.25) is 0 Å². The molecule has 0 atom stereocenters. The maximum absolute atomic E-state index is 13.0. The molecule has 0 fully saturated rings. The third-order valence-electron chi connectivity index (χ3n) is 4.71. The Bertz CT molecular complexity index is 942. The first-order chi connectivity index (χ1) is 13.7. The zero-order chi connectivity index (χ0) is 21.6. The summed E-state index contributed by atoms with van der Waals surface area (Å²) in [4.78, 5) is 14.2. The van der Waals surface area contributed by atoms with Gasteiger partial charge in [0.25, 0.3) is 0 Å². The third-order valence-corrected chi connectivity index (χ3v) is 6.91. The lowest BCUT2D eigenvalue weighted by molar-refractivity contribution is -0.128. The van der Waals surface area contributed by atoms with Crippen molar-refractivity contribution in [2.75, 3.05) is 32.0 Å². The number of amides is 1. The van der Waals surface area contributed by atoms with E-state index in [1.807, 2.05) is 0 Å². The summed E-state index contributed by atoms with van der Waals surface area (Å²) in [6.45, 7) is 6.51. The van der Waals surface area contributed by atoms with Gasteiger partial charge < -0.3 is 10.2 Å². The number of hydrogen-bond acceptors (Lipinski definition) is 4. The standard InChI is InChI=1S/C21H28FN3O3S/c1-5-25(6-2)29(27,28)20-13-19(12-7-16(20)3)23-14-21(26)24(4)15-17-8-10-18(22)11-9-17/h7-13,23H,5-6,14-15H2,1-4H3. The first-order valence-electron chi connectivity index (χ1n) is 9.52. The predicted molar refractivity (Wildman–Crippen MR) is 113 cm³/mol. The summed E-state index contributed by atoms with van der Waals surface area (Å²) >= 11 is 0. The Morgan fingerprint density at radius 3 is 2.28 bits per heavy atom. The minimum atomic E-state index is -3.59. The van der Waals surface area contributed by atoms with Crippen molar-refractivity contribution in [3.63, 3.8) is 0 Å². The van der Waals surface area contributed by atoms with Gasteiger partial charge in [-0.2, -0.15) is 4.31 Å². The van der Waals surface area contributed by atoms with E-state index in [1.165, 1.54) is 21.3 Å². The van der Waals surface area contributed by atoms with Crippen molar-refractivity contribution in [3.05, 3.63) is 59.4 Å². The van der Waals surface area contributed by atoms with E-state index in [4.69, 9.17) is 0 Å². The summed E-state index contributed by atoms with van der Waals surface area (Å²) in [5, 5.41) is 3.00. The van der Waals surface area contributed by atoms with E-state index in [-0.39, 0.29) is 23.2 Å². The van der Waals surface area contributed by atoms with Crippen LogP contribution in [0.1, 0.15) is 25.0 Å². The number of hydrogen-bond donors (Lipinski definition) is 1. The number of nitrogens with zero attached hydrogens (tertiary/aromatic N) is 2. The molecule has 0 heterocycles. The van der Waals surface area contributed by atoms with Crippen LogP contribution in [0.3, 0.4) is 0 Å². The van der Waals surface area contributed by atoms with E-state index >= 15 is 0 Å². The summed E-state index contributed by atoms with van der Waals surface area (Å²) in [6, 6.07) is 11.0. The van der Waals surface area contributed by atoms with Crippen molar-refractivity contribution >= 4 is 21.6 Å². The van der Waals surface area contributed by atoms with Gasteiger partial charge in [-0.15, -0.1) is 0 Å². The maximum Gasteiger partial charge on any atom is 0.243 e. The lowest BCUT2D eigenvalue weighted by Gasteiger charge is -2.21. The van der Waals surface area contributed by atoms with E-state index in [9.17, 15) is 17.6 Å². The van der Waals surface area contributed by atoms with Crippen molar-refractivity contribution in [3.8, 4) is 0 Å². The Labute approximate surface area is 172 Å². The van der Waals surface area contributed by atoms with E-state index in [1.54, 1.807) is 58.2 Å². The Kier molecular flexibility index (Phi) is 7.75. The minimum Gasteiger partial charge on any atom is -0.376 e. The zero-order valence-corrected chi connectivity index (χ0v) is 18.1. The number of nitrogens with one attached hydrogen (secondary N) is 1. The fourth-order valence-electron chi connectivity index (χ4n) is 2.96. The first-order valence-corrected chi connectivity index (χ1v) is 11.0. The smallest absolute Gasteiger partial charge is 0.243 e. The van der Waals surface area contributed by atoms with Crippen LogP contribution in [0.15, 0.2) is 47.4 Å². The Hall–Kier alpha value is -2.45. The molecule has 0 unspecified atom stereocenters. The van der Waals surface area contributed by atoms with E-state index < -0.39 is 10.0 Å². The molecule has 8 heteroatoms. The van der Waals surface area contributed by atoms with Crippen LogP contribution in [-0.4, -0.2) is 50.2 Å². The maximum atomic E-state index is 13.0. The largest absolute Gasteiger partial charge is 0.376 e. The molecule has 0 aromatic heterocycles. The van der Waals surface area contributed by atoms with Crippen molar-refractivity contribution in [2.45, 2.75) is 32.2 Å². The highest BCUT2D eigenvalue weighted by Gasteiger charge is 2.24. The summed E-state index contributed by atoms with van der Waals surface area (Å²) in [5.41, 5.74) is 2.04. The Morgan fingerprint density at radius 1 is 1.07 bits per heavy atom.